The molecule has 236 valence electrons. The van der Waals surface area contributed by atoms with Crippen LogP contribution in [0.5, 0.6) is 5.75 Å². The number of aliphatic hydroxyl groups excluding tert-OH is 1. The van der Waals surface area contributed by atoms with E-state index in [4.69, 9.17) is 4.74 Å². The fraction of sp³-hybridized carbons (Fsp3) is 0.257. The third-order valence-electron chi connectivity index (χ3n) is 8.26. The van der Waals surface area contributed by atoms with Gasteiger partial charge in [0.25, 0.3) is 11.8 Å². The molecule has 0 fully saturated rings. The molecule has 3 atom stereocenters. The number of anilines is 2. The molecule has 46 heavy (non-hydrogen) atoms. The molecule has 1 aliphatic heterocycles. The van der Waals surface area contributed by atoms with E-state index >= 15 is 0 Å². The van der Waals surface area contributed by atoms with Crippen LogP contribution in [-0.4, -0.2) is 76.6 Å². The first-order chi connectivity index (χ1) is 22.2. The van der Waals surface area contributed by atoms with Crippen molar-refractivity contribution in [3.8, 4) is 5.75 Å². The molecule has 0 saturated heterocycles. The normalized spacial score (nSPS) is 17.0. The molecule has 0 bridgehead atoms. The van der Waals surface area contributed by atoms with Gasteiger partial charge in [-0.05, 0) is 42.6 Å². The van der Waals surface area contributed by atoms with Gasteiger partial charge in [0, 0.05) is 24.9 Å². The Morgan fingerprint density at radius 3 is 2.54 bits per heavy atom. The van der Waals surface area contributed by atoms with Gasteiger partial charge in [0.1, 0.15) is 6.10 Å². The van der Waals surface area contributed by atoms with Gasteiger partial charge in [-0.3, -0.25) is 9.59 Å². The zero-order valence-electron chi connectivity index (χ0n) is 25.8. The molecule has 3 N–H and O–H groups in total. The van der Waals surface area contributed by atoms with Gasteiger partial charge in [0.2, 0.25) is 0 Å². The van der Waals surface area contributed by atoms with Crippen LogP contribution < -0.4 is 15.4 Å². The molecule has 0 saturated carbocycles. The summed E-state index contributed by atoms with van der Waals surface area (Å²) in [5.74, 6) is -0.784. The zero-order chi connectivity index (χ0) is 32.4. The quantitative estimate of drug-likeness (QED) is 0.199. The predicted octanol–water partition coefficient (Wildman–Crippen LogP) is 6.09. The molecule has 4 aromatic carbocycles. The Balaban J connectivity index is 1.29. The summed E-state index contributed by atoms with van der Waals surface area (Å²) in [5, 5.41) is 18.2. The predicted molar refractivity (Wildman–Crippen MR) is 181 cm³/mol. The van der Waals surface area contributed by atoms with Gasteiger partial charge >= 0.3 is 6.03 Å². The number of para-hydroxylation sites is 2. The third-order valence-corrected chi connectivity index (χ3v) is 9.29. The fourth-order valence-corrected chi connectivity index (χ4v) is 6.46. The van der Waals surface area contributed by atoms with Crippen LogP contribution in [0.15, 0.2) is 84.9 Å². The molecule has 2 heterocycles. The van der Waals surface area contributed by atoms with E-state index in [1.165, 1.54) is 11.3 Å². The van der Waals surface area contributed by atoms with Crippen LogP contribution in [-0.2, 0) is 0 Å². The Bertz CT molecular complexity index is 1890. The van der Waals surface area contributed by atoms with Crippen molar-refractivity contribution in [2.45, 2.75) is 26.0 Å². The highest BCUT2D eigenvalue weighted by molar-refractivity contribution is 7.20. The largest absolute Gasteiger partial charge is 0.485 e. The summed E-state index contributed by atoms with van der Waals surface area (Å²) in [6.45, 7) is 3.99. The standard InChI is InChI=1S/C35H35N5O5S/c1-21-18-40(22(2)20-41)34(43)25-13-9-16-28(36-32(42)33-37-27-14-6-7-17-30(27)46-33)31(25)45-29(21)19-39(3)35(44)38-26-15-8-11-23-10-4-5-12-24(23)26/h4-17,21-22,29,41H,18-20H2,1-3H3,(H,36,42)(H,38,44)/t21-,22-,29+/m1/s1. The van der Waals surface area contributed by atoms with Crippen molar-refractivity contribution in [3.63, 3.8) is 0 Å². The number of thiazole rings is 1. The second-order valence-electron chi connectivity index (χ2n) is 11.6. The summed E-state index contributed by atoms with van der Waals surface area (Å²) in [6.07, 6.45) is -0.566. The van der Waals surface area contributed by atoms with Crippen molar-refractivity contribution in [1.29, 1.82) is 0 Å². The molecule has 0 aliphatic carbocycles. The van der Waals surface area contributed by atoms with Crippen molar-refractivity contribution >= 4 is 61.5 Å². The summed E-state index contributed by atoms with van der Waals surface area (Å²) >= 11 is 1.27. The van der Waals surface area contributed by atoms with Gasteiger partial charge in [0.15, 0.2) is 10.8 Å². The highest BCUT2D eigenvalue weighted by atomic mass is 32.1. The number of amides is 4. The number of benzene rings is 4. The summed E-state index contributed by atoms with van der Waals surface area (Å²) in [5.41, 5.74) is 1.98. The van der Waals surface area contributed by atoms with Crippen molar-refractivity contribution in [2.24, 2.45) is 5.92 Å². The molecule has 11 heteroatoms. The lowest BCUT2D eigenvalue weighted by Gasteiger charge is -2.38. The lowest BCUT2D eigenvalue weighted by molar-refractivity contribution is 0.0372. The molecule has 0 unspecified atom stereocenters. The number of hydrogen-bond acceptors (Lipinski definition) is 7. The van der Waals surface area contributed by atoms with E-state index in [-0.39, 0.29) is 47.3 Å². The summed E-state index contributed by atoms with van der Waals surface area (Å²) in [4.78, 5) is 48.3. The number of carbonyl (C=O) groups excluding carboxylic acids is 3. The minimum atomic E-state index is -0.566. The molecule has 0 radical (unpaired) electrons. The molecular weight excluding hydrogens is 602 g/mol. The van der Waals surface area contributed by atoms with E-state index < -0.39 is 18.1 Å². The van der Waals surface area contributed by atoms with Gasteiger partial charge in [-0.25, -0.2) is 9.78 Å². The average Bonchev–Trinajstić information content (AvgIpc) is 3.51. The Hall–Kier alpha value is -5.00. The number of rotatable bonds is 7. The fourth-order valence-electron chi connectivity index (χ4n) is 5.60. The molecule has 1 aliphatic rings. The number of nitrogens with zero attached hydrogens (tertiary/aromatic N) is 3. The number of carbonyl (C=O) groups is 3. The van der Waals surface area contributed by atoms with Crippen LogP contribution in [0.2, 0.25) is 0 Å². The second kappa shape index (κ2) is 13.2. The van der Waals surface area contributed by atoms with Crippen molar-refractivity contribution < 1.29 is 24.2 Å². The van der Waals surface area contributed by atoms with E-state index in [9.17, 15) is 19.5 Å². The van der Waals surface area contributed by atoms with Crippen molar-refractivity contribution in [1.82, 2.24) is 14.8 Å². The lowest BCUT2D eigenvalue weighted by atomic mass is 9.99. The number of urea groups is 1. The number of nitrogens with one attached hydrogen (secondary N) is 2. The van der Waals surface area contributed by atoms with Crippen molar-refractivity contribution in [2.75, 3.05) is 37.4 Å². The van der Waals surface area contributed by atoms with E-state index in [2.05, 4.69) is 15.6 Å². The molecular formula is C35H35N5O5S. The number of aromatic nitrogens is 1. The number of hydrogen-bond donors (Lipinski definition) is 3. The van der Waals surface area contributed by atoms with Crippen LogP contribution in [0.4, 0.5) is 16.2 Å². The Morgan fingerprint density at radius 1 is 1.02 bits per heavy atom. The summed E-state index contributed by atoms with van der Waals surface area (Å²) < 4.78 is 7.47. The number of fused-ring (bicyclic) bond motifs is 3. The maximum absolute atomic E-state index is 13.8. The Morgan fingerprint density at radius 2 is 1.74 bits per heavy atom. The molecule has 10 nitrogen and oxygen atoms in total. The van der Waals surface area contributed by atoms with Crippen LogP contribution >= 0.6 is 11.3 Å². The third kappa shape index (κ3) is 6.24. The van der Waals surface area contributed by atoms with E-state index in [0.717, 1.165) is 21.0 Å². The van der Waals surface area contributed by atoms with Crippen LogP contribution in [0.25, 0.3) is 21.0 Å². The Kier molecular flexibility index (Phi) is 8.87. The van der Waals surface area contributed by atoms with E-state index in [0.29, 0.717) is 17.9 Å². The first-order valence-electron chi connectivity index (χ1n) is 15.1. The summed E-state index contributed by atoms with van der Waals surface area (Å²) in [7, 11) is 1.69. The number of ether oxygens (including phenoxy) is 1. The number of likely N-dealkylation sites (N-methyl/N-ethyl adjacent to an activating group) is 1. The molecule has 5 aromatic rings. The van der Waals surface area contributed by atoms with E-state index in [1.54, 1.807) is 42.0 Å². The van der Waals surface area contributed by atoms with E-state index in [1.807, 2.05) is 73.7 Å². The average molecular weight is 638 g/mol. The first-order valence-corrected chi connectivity index (χ1v) is 15.9. The molecule has 4 amide bonds. The molecule has 1 aromatic heterocycles. The first kappa shape index (κ1) is 31.0. The lowest BCUT2D eigenvalue weighted by Crippen LogP contribution is -2.50. The molecule has 0 spiro atoms. The van der Waals surface area contributed by atoms with Gasteiger partial charge < -0.3 is 30.3 Å². The smallest absolute Gasteiger partial charge is 0.321 e. The van der Waals surface area contributed by atoms with Gasteiger partial charge in [-0.15, -0.1) is 11.3 Å². The summed E-state index contributed by atoms with van der Waals surface area (Å²) in [6, 6.07) is 25.3. The topological polar surface area (TPSA) is 124 Å². The SMILES string of the molecule is C[C@@H]1CN([C@H](C)CO)C(=O)c2cccc(NC(=O)c3nc4ccccc4s3)c2O[C@H]1CN(C)C(=O)Nc1cccc2ccccc12. The van der Waals surface area contributed by atoms with Crippen LogP contribution in [0.1, 0.15) is 34.0 Å². The zero-order valence-corrected chi connectivity index (χ0v) is 26.6. The second-order valence-corrected chi connectivity index (χ2v) is 12.6. The minimum absolute atomic E-state index is 0.187. The minimum Gasteiger partial charge on any atom is -0.485 e. The van der Waals surface area contributed by atoms with Crippen LogP contribution in [0.3, 0.4) is 0 Å². The highest BCUT2D eigenvalue weighted by Crippen LogP contribution is 2.36. The Labute approximate surface area is 270 Å². The van der Waals surface area contributed by atoms with Gasteiger partial charge in [-0.2, -0.15) is 0 Å². The highest BCUT2D eigenvalue weighted by Gasteiger charge is 2.35. The maximum atomic E-state index is 13.8. The van der Waals surface area contributed by atoms with Gasteiger partial charge in [0.05, 0.1) is 46.3 Å². The monoisotopic (exact) mass is 637 g/mol. The molecule has 6 rings (SSSR count). The van der Waals surface area contributed by atoms with Gasteiger partial charge in [-0.1, -0.05) is 61.5 Å². The maximum Gasteiger partial charge on any atom is 0.321 e. The van der Waals surface area contributed by atoms with Crippen molar-refractivity contribution in [3.05, 3.63) is 95.5 Å². The van der Waals surface area contributed by atoms with Crippen LogP contribution in [0, 0.1) is 5.92 Å². The number of aliphatic hydroxyl groups is 1.